The van der Waals surface area contributed by atoms with Crippen LogP contribution in [0.5, 0.6) is 0 Å². The Morgan fingerprint density at radius 3 is 2.92 bits per heavy atom. The molecule has 1 heterocycles. The normalized spacial score (nSPS) is 11.0. The Morgan fingerprint density at radius 1 is 1.58 bits per heavy atom. The van der Waals surface area contributed by atoms with Gasteiger partial charge in [0.2, 0.25) is 0 Å². The third kappa shape index (κ3) is 2.64. The lowest BCUT2D eigenvalue weighted by Crippen LogP contribution is -2.09. The topological polar surface area (TPSA) is 41.3 Å². The van der Waals surface area contributed by atoms with E-state index in [2.05, 4.69) is 10.5 Å². The summed E-state index contributed by atoms with van der Waals surface area (Å²) < 4.78 is 5.10. The van der Waals surface area contributed by atoms with Gasteiger partial charge in [-0.3, -0.25) is 0 Å². The average molecular weight is 169 g/mol. The van der Waals surface area contributed by atoms with Gasteiger partial charge in [0.1, 0.15) is 0 Å². The first-order valence-corrected chi connectivity index (χ1v) is 3.96. The Hall–Kier alpha value is -0.870. The van der Waals surface area contributed by atoms with Gasteiger partial charge in [0.25, 0.3) is 0 Å². The molecule has 0 saturated heterocycles. The van der Waals surface area contributed by atoms with Crippen LogP contribution in [0, 0.1) is 0 Å². The van der Waals surface area contributed by atoms with Crippen LogP contribution in [-0.2, 0) is 13.1 Å². The smallest absolute Gasteiger partial charge is 0.150 e. The van der Waals surface area contributed by atoms with Crippen LogP contribution in [0.25, 0.3) is 0 Å². The molecule has 0 amide bonds. The summed E-state index contributed by atoms with van der Waals surface area (Å²) in [5.74, 6) is 0.908. The second-order valence-electron chi connectivity index (χ2n) is 3.05. The monoisotopic (exact) mass is 169 g/mol. The number of hydrogen-bond acceptors (Lipinski definition) is 4. The molecule has 0 atom stereocenters. The summed E-state index contributed by atoms with van der Waals surface area (Å²) in [6, 6.07) is 1.97. The van der Waals surface area contributed by atoms with Crippen molar-refractivity contribution in [2.45, 2.75) is 13.1 Å². The molecule has 1 rings (SSSR count). The van der Waals surface area contributed by atoms with Crippen molar-refractivity contribution in [3.8, 4) is 0 Å². The second-order valence-corrected chi connectivity index (χ2v) is 3.05. The van der Waals surface area contributed by atoms with E-state index in [9.17, 15) is 0 Å². The molecule has 4 nitrogen and oxygen atoms in total. The van der Waals surface area contributed by atoms with Crippen LogP contribution >= 0.6 is 0 Å². The molecule has 4 heteroatoms. The van der Waals surface area contributed by atoms with Gasteiger partial charge in [0, 0.05) is 12.6 Å². The summed E-state index contributed by atoms with van der Waals surface area (Å²) in [6.45, 7) is 1.56. The van der Waals surface area contributed by atoms with Gasteiger partial charge in [-0.05, 0) is 21.1 Å². The zero-order valence-electron chi connectivity index (χ0n) is 7.79. The minimum atomic E-state index is 0.761. The maximum atomic E-state index is 5.10. The van der Waals surface area contributed by atoms with Crippen molar-refractivity contribution in [1.29, 1.82) is 0 Å². The summed E-state index contributed by atoms with van der Waals surface area (Å²) in [5.41, 5.74) is 0.953. The zero-order chi connectivity index (χ0) is 8.97. The van der Waals surface area contributed by atoms with Crippen LogP contribution in [0.3, 0.4) is 0 Å². The fraction of sp³-hybridized carbons (Fsp3) is 0.625. The Morgan fingerprint density at radius 2 is 2.33 bits per heavy atom. The standard InChI is InChI=1S/C8H15N3O/c1-9-5-7-4-8(12-10-7)6-11(2)3/h4,9H,5-6H2,1-3H3. The van der Waals surface area contributed by atoms with Crippen molar-refractivity contribution in [3.63, 3.8) is 0 Å². The number of nitrogens with zero attached hydrogens (tertiary/aromatic N) is 2. The Balaban J connectivity index is 2.52. The minimum Gasteiger partial charge on any atom is -0.360 e. The third-order valence-corrected chi connectivity index (χ3v) is 1.44. The van der Waals surface area contributed by atoms with E-state index in [4.69, 9.17) is 4.52 Å². The van der Waals surface area contributed by atoms with Gasteiger partial charge < -0.3 is 14.7 Å². The van der Waals surface area contributed by atoms with Crippen LogP contribution < -0.4 is 5.32 Å². The molecule has 0 aliphatic rings. The van der Waals surface area contributed by atoms with Crippen molar-refractivity contribution in [2.24, 2.45) is 0 Å². The van der Waals surface area contributed by atoms with Gasteiger partial charge in [-0.1, -0.05) is 5.16 Å². The highest BCUT2D eigenvalue weighted by Gasteiger charge is 2.03. The Kier molecular flexibility index (Phi) is 3.25. The SMILES string of the molecule is CNCc1cc(CN(C)C)on1. The molecule has 0 aliphatic heterocycles. The van der Waals surface area contributed by atoms with E-state index < -0.39 is 0 Å². The highest BCUT2D eigenvalue weighted by atomic mass is 16.5. The fourth-order valence-corrected chi connectivity index (χ4v) is 1.01. The quantitative estimate of drug-likeness (QED) is 0.710. The molecule has 1 N–H and O–H groups in total. The second kappa shape index (κ2) is 4.23. The van der Waals surface area contributed by atoms with Crippen molar-refractivity contribution in [2.75, 3.05) is 21.1 Å². The summed E-state index contributed by atoms with van der Waals surface area (Å²) in [5, 5.41) is 6.91. The van der Waals surface area contributed by atoms with E-state index in [1.807, 2.05) is 32.1 Å². The number of rotatable bonds is 4. The summed E-state index contributed by atoms with van der Waals surface area (Å²) in [6.07, 6.45) is 0. The molecule has 0 radical (unpaired) electrons. The first kappa shape index (κ1) is 9.22. The van der Waals surface area contributed by atoms with Gasteiger partial charge >= 0.3 is 0 Å². The highest BCUT2D eigenvalue weighted by molar-refractivity contribution is 5.04. The molecular weight excluding hydrogens is 154 g/mol. The first-order chi connectivity index (χ1) is 5.72. The molecule has 0 saturated carbocycles. The zero-order valence-corrected chi connectivity index (χ0v) is 7.79. The lowest BCUT2D eigenvalue weighted by atomic mass is 10.3. The van der Waals surface area contributed by atoms with Crippen molar-refractivity contribution in [3.05, 3.63) is 17.5 Å². The van der Waals surface area contributed by atoms with Crippen LogP contribution in [0.1, 0.15) is 11.5 Å². The van der Waals surface area contributed by atoms with Crippen molar-refractivity contribution >= 4 is 0 Å². The van der Waals surface area contributed by atoms with E-state index in [-0.39, 0.29) is 0 Å². The van der Waals surface area contributed by atoms with E-state index in [0.717, 1.165) is 24.5 Å². The molecule has 0 fully saturated rings. The molecule has 12 heavy (non-hydrogen) atoms. The van der Waals surface area contributed by atoms with Gasteiger partial charge in [-0.15, -0.1) is 0 Å². The molecule has 0 spiro atoms. The van der Waals surface area contributed by atoms with Crippen LogP contribution in [-0.4, -0.2) is 31.2 Å². The Bertz CT molecular complexity index is 232. The fourth-order valence-electron chi connectivity index (χ4n) is 1.01. The van der Waals surface area contributed by atoms with E-state index in [0.29, 0.717) is 0 Å². The Labute approximate surface area is 72.5 Å². The van der Waals surface area contributed by atoms with Crippen LogP contribution in [0.15, 0.2) is 10.6 Å². The van der Waals surface area contributed by atoms with Crippen molar-refractivity contribution in [1.82, 2.24) is 15.4 Å². The number of aromatic nitrogens is 1. The molecule has 0 aliphatic carbocycles. The molecule has 0 bridgehead atoms. The highest BCUT2D eigenvalue weighted by Crippen LogP contribution is 2.04. The maximum Gasteiger partial charge on any atom is 0.150 e. The lowest BCUT2D eigenvalue weighted by molar-refractivity contribution is 0.307. The first-order valence-electron chi connectivity index (χ1n) is 3.96. The predicted molar refractivity (Wildman–Crippen MR) is 46.7 cm³/mol. The van der Waals surface area contributed by atoms with E-state index in [1.165, 1.54) is 0 Å². The van der Waals surface area contributed by atoms with Gasteiger partial charge in [0.05, 0.1) is 12.2 Å². The number of nitrogens with one attached hydrogen (secondary N) is 1. The van der Waals surface area contributed by atoms with Crippen molar-refractivity contribution < 1.29 is 4.52 Å². The van der Waals surface area contributed by atoms with Crippen LogP contribution in [0.2, 0.25) is 0 Å². The van der Waals surface area contributed by atoms with Gasteiger partial charge in [0.15, 0.2) is 5.76 Å². The molecule has 1 aromatic rings. The van der Waals surface area contributed by atoms with Gasteiger partial charge in [-0.2, -0.15) is 0 Å². The summed E-state index contributed by atoms with van der Waals surface area (Å²) in [7, 11) is 5.89. The summed E-state index contributed by atoms with van der Waals surface area (Å²) in [4.78, 5) is 2.05. The molecule has 1 aromatic heterocycles. The maximum absolute atomic E-state index is 5.10. The molecule has 0 unspecified atom stereocenters. The van der Waals surface area contributed by atoms with E-state index >= 15 is 0 Å². The third-order valence-electron chi connectivity index (χ3n) is 1.44. The molecule has 0 aromatic carbocycles. The van der Waals surface area contributed by atoms with E-state index in [1.54, 1.807) is 0 Å². The van der Waals surface area contributed by atoms with Crippen LogP contribution in [0.4, 0.5) is 0 Å². The van der Waals surface area contributed by atoms with Gasteiger partial charge in [-0.25, -0.2) is 0 Å². The average Bonchev–Trinajstić information content (AvgIpc) is 2.36. The molecule has 68 valence electrons. The predicted octanol–water partition coefficient (Wildman–Crippen LogP) is 0.456. The summed E-state index contributed by atoms with van der Waals surface area (Å²) >= 11 is 0. The number of hydrogen-bond donors (Lipinski definition) is 1. The molecular formula is C8H15N3O. The minimum absolute atomic E-state index is 0.761. The lowest BCUT2D eigenvalue weighted by Gasteiger charge is -2.03. The largest absolute Gasteiger partial charge is 0.360 e.